The lowest BCUT2D eigenvalue weighted by Gasteiger charge is -2.24. The lowest BCUT2D eigenvalue weighted by molar-refractivity contribution is 0.542. The van der Waals surface area contributed by atoms with Crippen LogP contribution in [0.2, 0.25) is 0 Å². The number of nitrogen functional groups attached to an aromatic ring is 1. The molecular weight excluding hydrogens is 224 g/mol. The number of hydrogen-bond acceptors (Lipinski definition) is 3. The van der Waals surface area contributed by atoms with Crippen LogP contribution in [0.4, 0.5) is 5.69 Å². The van der Waals surface area contributed by atoms with Crippen LogP contribution in [0.1, 0.15) is 38.0 Å². The van der Waals surface area contributed by atoms with Crippen molar-refractivity contribution in [1.82, 2.24) is 14.8 Å². The molecule has 2 N–H and O–H groups in total. The van der Waals surface area contributed by atoms with Gasteiger partial charge in [0.15, 0.2) is 5.82 Å². The molecule has 0 aliphatic heterocycles. The Morgan fingerprint density at radius 2 is 1.83 bits per heavy atom. The van der Waals surface area contributed by atoms with Gasteiger partial charge in [-0.05, 0) is 31.5 Å². The molecule has 1 aromatic heterocycles. The highest BCUT2D eigenvalue weighted by atomic mass is 15.3. The van der Waals surface area contributed by atoms with Gasteiger partial charge in [0, 0.05) is 24.6 Å². The number of nitrogens with two attached hydrogens (primary N) is 1. The quantitative estimate of drug-likeness (QED) is 0.843. The van der Waals surface area contributed by atoms with Crippen molar-refractivity contribution in [2.45, 2.75) is 32.6 Å². The summed E-state index contributed by atoms with van der Waals surface area (Å²) < 4.78 is 1.87. The topological polar surface area (TPSA) is 56.7 Å². The van der Waals surface area contributed by atoms with Gasteiger partial charge in [-0.25, -0.2) is 4.98 Å². The fourth-order valence-corrected chi connectivity index (χ4v) is 2.16. The first-order chi connectivity index (χ1) is 8.45. The third-order valence-electron chi connectivity index (χ3n) is 3.31. The molecule has 0 unspecified atom stereocenters. The number of nitrogens with zero attached hydrogens (tertiary/aromatic N) is 3. The van der Waals surface area contributed by atoms with Crippen LogP contribution in [0.25, 0.3) is 0 Å². The second kappa shape index (κ2) is 4.44. The van der Waals surface area contributed by atoms with Gasteiger partial charge >= 0.3 is 0 Å². The van der Waals surface area contributed by atoms with E-state index in [1.54, 1.807) is 0 Å². The predicted octanol–water partition coefficient (Wildman–Crippen LogP) is 2.29. The Morgan fingerprint density at radius 3 is 2.33 bits per heavy atom. The molecule has 0 fully saturated rings. The molecule has 1 heterocycles. The van der Waals surface area contributed by atoms with E-state index in [4.69, 9.17) is 5.73 Å². The molecule has 0 aliphatic carbocycles. The molecule has 0 saturated heterocycles. The van der Waals surface area contributed by atoms with Crippen LogP contribution < -0.4 is 5.73 Å². The van der Waals surface area contributed by atoms with Crippen molar-refractivity contribution in [1.29, 1.82) is 0 Å². The summed E-state index contributed by atoms with van der Waals surface area (Å²) in [5.74, 6) is 1.86. The molecule has 2 aromatic rings. The smallest absolute Gasteiger partial charge is 0.150 e. The molecule has 0 spiro atoms. The zero-order valence-corrected chi connectivity index (χ0v) is 11.4. The average molecular weight is 244 g/mol. The summed E-state index contributed by atoms with van der Waals surface area (Å²) in [6.07, 6.45) is 0.853. The van der Waals surface area contributed by atoms with Gasteiger partial charge in [0.25, 0.3) is 0 Å². The van der Waals surface area contributed by atoms with E-state index < -0.39 is 0 Å². The number of aryl methyl sites for hydroxylation is 2. The molecule has 96 valence electrons. The Bertz CT molecular complexity index is 537. The fourth-order valence-electron chi connectivity index (χ4n) is 2.16. The van der Waals surface area contributed by atoms with Crippen LogP contribution in [0.3, 0.4) is 0 Å². The number of benzene rings is 1. The van der Waals surface area contributed by atoms with Gasteiger partial charge in [0.05, 0.1) is 0 Å². The lowest BCUT2D eigenvalue weighted by atomic mass is 9.83. The summed E-state index contributed by atoms with van der Waals surface area (Å²) in [5.41, 5.74) is 7.52. The molecule has 4 nitrogen and oxygen atoms in total. The molecule has 18 heavy (non-hydrogen) atoms. The normalized spacial score (nSPS) is 11.8. The minimum absolute atomic E-state index is 0.178. The highest BCUT2D eigenvalue weighted by Gasteiger charge is 2.28. The van der Waals surface area contributed by atoms with E-state index in [1.807, 2.05) is 23.9 Å². The van der Waals surface area contributed by atoms with Crippen LogP contribution >= 0.6 is 0 Å². The van der Waals surface area contributed by atoms with Crippen LogP contribution in [0.5, 0.6) is 0 Å². The second-order valence-electron chi connectivity index (χ2n) is 5.08. The summed E-state index contributed by atoms with van der Waals surface area (Å²) in [6, 6.07) is 7.95. The van der Waals surface area contributed by atoms with E-state index in [2.05, 4.69) is 43.0 Å². The van der Waals surface area contributed by atoms with Gasteiger partial charge in [-0.2, -0.15) is 5.10 Å². The van der Waals surface area contributed by atoms with Crippen molar-refractivity contribution < 1.29 is 0 Å². The molecule has 0 aliphatic rings. The van der Waals surface area contributed by atoms with Gasteiger partial charge in [0.2, 0.25) is 0 Å². The fraction of sp³-hybridized carbons (Fsp3) is 0.429. The van der Waals surface area contributed by atoms with E-state index in [0.717, 1.165) is 23.8 Å². The first-order valence-electron chi connectivity index (χ1n) is 6.21. The Labute approximate surface area is 108 Å². The maximum absolute atomic E-state index is 5.73. The van der Waals surface area contributed by atoms with Crippen LogP contribution in [0.15, 0.2) is 24.3 Å². The van der Waals surface area contributed by atoms with Crippen LogP contribution in [0, 0.1) is 0 Å². The maximum Gasteiger partial charge on any atom is 0.150 e. The molecule has 1 aromatic carbocycles. The highest BCUT2D eigenvalue weighted by Crippen LogP contribution is 2.30. The maximum atomic E-state index is 5.73. The van der Waals surface area contributed by atoms with Crippen molar-refractivity contribution >= 4 is 5.69 Å². The van der Waals surface area contributed by atoms with Gasteiger partial charge in [-0.15, -0.1) is 0 Å². The average Bonchev–Trinajstić information content (AvgIpc) is 2.72. The zero-order chi connectivity index (χ0) is 13.3. The van der Waals surface area contributed by atoms with Gasteiger partial charge in [0.1, 0.15) is 5.82 Å². The third-order valence-corrected chi connectivity index (χ3v) is 3.31. The number of hydrogen-bond donors (Lipinski definition) is 1. The van der Waals surface area contributed by atoms with E-state index in [9.17, 15) is 0 Å². The number of anilines is 1. The standard InChI is InChI=1S/C14H20N4/c1-5-12-16-13(18(4)17-12)14(2,3)10-6-8-11(15)9-7-10/h6-9H,5,15H2,1-4H3. The molecule has 0 radical (unpaired) electrons. The summed E-state index contributed by atoms with van der Waals surface area (Å²) in [4.78, 5) is 4.62. The van der Waals surface area contributed by atoms with Gasteiger partial charge < -0.3 is 5.73 Å². The molecular formula is C14H20N4. The highest BCUT2D eigenvalue weighted by molar-refractivity contribution is 5.43. The molecule has 2 rings (SSSR count). The Balaban J connectivity index is 2.46. The molecule has 0 atom stereocenters. The molecule has 0 saturated carbocycles. The van der Waals surface area contributed by atoms with Crippen molar-refractivity contribution in [2.24, 2.45) is 7.05 Å². The molecule has 4 heteroatoms. The third kappa shape index (κ3) is 2.10. The van der Waals surface area contributed by atoms with Gasteiger partial charge in [-0.1, -0.05) is 19.1 Å². The summed E-state index contributed by atoms with van der Waals surface area (Å²) in [7, 11) is 1.94. The first kappa shape index (κ1) is 12.6. The van der Waals surface area contributed by atoms with Crippen LogP contribution in [-0.2, 0) is 18.9 Å². The zero-order valence-electron chi connectivity index (χ0n) is 11.4. The van der Waals surface area contributed by atoms with E-state index in [0.29, 0.717) is 0 Å². The van der Waals surface area contributed by atoms with Crippen molar-refractivity contribution in [3.63, 3.8) is 0 Å². The lowest BCUT2D eigenvalue weighted by Crippen LogP contribution is -2.23. The van der Waals surface area contributed by atoms with Crippen molar-refractivity contribution in [2.75, 3.05) is 5.73 Å². The largest absolute Gasteiger partial charge is 0.399 e. The predicted molar refractivity (Wildman–Crippen MR) is 73.4 cm³/mol. The Morgan fingerprint density at radius 1 is 1.22 bits per heavy atom. The monoisotopic (exact) mass is 244 g/mol. The Hall–Kier alpha value is -1.84. The second-order valence-corrected chi connectivity index (χ2v) is 5.08. The van der Waals surface area contributed by atoms with E-state index in [1.165, 1.54) is 5.56 Å². The summed E-state index contributed by atoms with van der Waals surface area (Å²) in [6.45, 7) is 6.37. The summed E-state index contributed by atoms with van der Waals surface area (Å²) in [5, 5.41) is 4.42. The minimum Gasteiger partial charge on any atom is -0.399 e. The Kier molecular flexibility index (Phi) is 3.11. The van der Waals surface area contributed by atoms with Crippen molar-refractivity contribution in [3.05, 3.63) is 41.5 Å². The van der Waals surface area contributed by atoms with E-state index >= 15 is 0 Å². The van der Waals surface area contributed by atoms with Gasteiger partial charge in [-0.3, -0.25) is 4.68 Å². The molecule has 0 amide bonds. The minimum atomic E-state index is -0.178. The first-order valence-corrected chi connectivity index (χ1v) is 6.21. The number of rotatable bonds is 3. The molecule has 0 bridgehead atoms. The van der Waals surface area contributed by atoms with E-state index in [-0.39, 0.29) is 5.41 Å². The number of aromatic nitrogens is 3. The van der Waals surface area contributed by atoms with Crippen molar-refractivity contribution in [3.8, 4) is 0 Å². The SMILES string of the molecule is CCc1nc(C(C)(C)c2ccc(N)cc2)n(C)n1. The summed E-state index contributed by atoms with van der Waals surface area (Å²) >= 11 is 0. The van der Waals surface area contributed by atoms with Crippen LogP contribution in [-0.4, -0.2) is 14.8 Å².